The number of amides is 1. The Morgan fingerprint density at radius 2 is 2.28 bits per heavy atom. The quantitative estimate of drug-likeness (QED) is 0.859. The van der Waals surface area contributed by atoms with Crippen LogP contribution in [0.5, 0.6) is 0 Å². The van der Waals surface area contributed by atoms with Gasteiger partial charge < -0.3 is 10.3 Å². The molecule has 2 aromatic rings. The highest BCUT2D eigenvalue weighted by atomic mass is 16.2. The van der Waals surface area contributed by atoms with Crippen LogP contribution in [0.25, 0.3) is 0 Å². The molecule has 2 rings (SSSR count). The van der Waals surface area contributed by atoms with Crippen LogP contribution in [0.15, 0.2) is 41.5 Å². The van der Waals surface area contributed by atoms with E-state index in [9.17, 15) is 9.59 Å². The number of rotatable bonds is 3. The summed E-state index contributed by atoms with van der Waals surface area (Å²) < 4.78 is 0. The van der Waals surface area contributed by atoms with Gasteiger partial charge in [-0.05, 0) is 36.2 Å². The number of nitrogens with one attached hydrogen (secondary N) is 2. The highest BCUT2D eigenvalue weighted by molar-refractivity contribution is 6.03. The van der Waals surface area contributed by atoms with Gasteiger partial charge in [-0.1, -0.05) is 6.92 Å². The number of H-pyrrole nitrogens is 1. The summed E-state index contributed by atoms with van der Waals surface area (Å²) in [7, 11) is 0. The minimum atomic E-state index is -0.461. The molecule has 18 heavy (non-hydrogen) atoms. The molecule has 2 heterocycles. The van der Waals surface area contributed by atoms with Gasteiger partial charge in [-0.25, -0.2) is 4.98 Å². The van der Waals surface area contributed by atoms with Gasteiger partial charge in [0.1, 0.15) is 11.4 Å². The Balaban J connectivity index is 2.21. The fourth-order valence-corrected chi connectivity index (χ4v) is 1.55. The third-order valence-electron chi connectivity index (χ3n) is 2.54. The average Bonchev–Trinajstić information content (AvgIpc) is 2.39. The lowest BCUT2D eigenvalue weighted by atomic mass is 10.2. The summed E-state index contributed by atoms with van der Waals surface area (Å²) in [6, 6.07) is 6.74. The zero-order valence-electron chi connectivity index (χ0n) is 9.93. The Hall–Kier alpha value is -2.43. The SMILES string of the molecule is CCc1ccnc(NC(=O)c2ccc[nH]c2=O)c1. The Kier molecular flexibility index (Phi) is 3.52. The van der Waals surface area contributed by atoms with Gasteiger partial charge in [0.15, 0.2) is 0 Å². The highest BCUT2D eigenvalue weighted by Gasteiger charge is 2.10. The molecule has 1 amide bonds. The van der Waals surface area contributed by atoms with Crippen LogP contribution in [0.4, 0.5) is 5.82 Å². The Morgan fingerprint density at radius 1 is 1.44 bits per heavy atom. The molecule has 0 bridgehead atoms. The fraction of sp³-hybridized carbons (Fsp3) is 0.154. The molecule has 0 spiro atoms. The van der Waals surface area contributed by atoms with E-state index in [1.807, 2.05) is 13.0 Å². The Morgan fingerprint density at radius 3 is 3.00 bits per heavy atom. The van der Waals surface area contributed by atoms with Crippen LogP contribution in [0.1, 0.15) is 22.8 Å². The number of hydrogen-bond donors (Lipinski definition) is 2. The molecule has 0 aliphatic rings. The van der Waals surface area contributed by atoms with Gasteiger partial charge in [-0.15, -0.1) is 0 Å². The van der Waals surface area contributed by atoms with E-state index in [1.54, 1.807) is 18.3 Å². The summed E-state index contributed by atoms with van der Waals surface area (Å²) in [6.07, 6.45) is 3.97. The summed E-state index contributed by atoms with van der Waals surface area (Å²) >= 11 is 0. The molecule has 5 nitrogen and oxygen atoms in total. The van der Waals surface area contributed by atoms with Gasteiger partial charge in [0, 0.05) is 12.4 Å². The molecule has 0 radical (unpaired) electrons. The van der Waals surface area contributed by atoms with Gasteiger partial charge in [-0.3, -0.25) is 9.59 Å². The monoisotopic (exact) mass is 243 g/mol. The maximum absolute atomic E-state index is 11.9. The molecule has 0 aliphatic heterocycles. The van der Waals surface area contributed by atoms with Gasteiger partial charge in [0.05, 0.1) is 0 Å². The second-order valence-electron chi connectivity index (χ2n) is 3.77. The first-order chi connectivity index (χ1) is 8.70. The van der Waals surface area contributed by atoms with Gasteiger partial charge in [0.2, 0.25) is 0 Å². The van der Waals surface area contributed by atoms with E-state index in [0.29, 0.717) is 5.82 Å². The lowest BCUT2D eigenvalue weighted by Gasteiger charge is -2.04. The van der Waals surface area contributed by atoms with Crippen LogP contribution in [0.3, 0.4) is 0 Å². The fourth-order valence-electron chi connectivity index (χ4n) is 1.55. The smallest absolute Gasteiger partial charge is 0.262 e. The average molecular weight is 243 g/mol. The topological polar surface area (TPSA) is 74.8 Å². The third kappa shape index (κ3) is 2.63. The number of aryl methyl sites for hydroxylation is 1. The maximum atomic E-state index is 11.9. The molecular formula is C13H13N3O2. The molecule has 0 fully saturated rings. The molecule has 2 N–H and O–H groups in total. The lowest BCUT2D eigenvalue weighted by Crippen LogP contribution is -2.22. The van der Waals surface area contributed by atoms with Crippen LogP contribution in [0.2, 0.25) is 0 Å². The molecular weight excluding hydrogens is 230 g/mol. The summed E-state index contributed by atoms with van der Waals surface area (Å²) in [5.41, 5.74) is 0.727. The van der Waals surface area contributed by atoms with Crippen molar-refractivity contribution in [1.82, 2.24) is 9.97 Å². The van der Waals surface area contributed by atoms with Crippen molar-refractivity contribution in [2.24, 2.45) is 0 Å². The van der Waals surface area contributed by atoms with Gasteiger partial charge >= 0.3 is 0 Å². The molecule has 0 unspecified atom stereocenters. The normalized spacial score (nSPS) is 10.1. The molecule has 0 aliphatic carbocycles. The van der Waals surface area contributed by atoms with Crippen LogP contribution < -0.4 is 10.9 Å². The van der Waals surface area contributed by atoms with Crippen molar-refractivity contribution in [1.29, 1.82) is 0 Å². The van der Waals surface area contributed by atoms with Crippen LogP contribution in [-0.4, -0.2) is 15.9 Å². The van der Waals surface area contributed by atoms with Crippen LogP contribution in [-0.2, 0) is 6.42 Å². The molecule has 0 aromatic carbocycles. The summed E-state index contributed by atoms with van der Waals surface area (Å²) in [4.78, 5) is 29.8. The number of anilines is 1. The van der Waals surface area contributed by atoms with Crippen molar-refractivity contribution in [3.63, 3.8) is 0 Å². The number of carbonyl (C=O) groups is 1. The number of pyridine rings is 2. The summed E-state index contributed by atoms with van der Waals surface area (Å²) in [5, 5.41) is 2.60. The molecule has 0 saturated heterocycles. The number of hydrogen-bond acceptors (Lipinski definition) is 3. The van der Waals surface area contributed by atoms with E-state index >= 15 is 0 Å². The summed E-state index contributed by atoms with van der Waals surface area (Å²) in [6.45, 7) is 2.02. The summed E-state index contributed by atoms with van der Waals surface area (Å²) in [5.74, 6) is -0.0137. The second-order valence-corrected chi connectivity index (χ2v) is 3.77. The van der Waals surface area contributed by atoms with Crippen molar-refractivity contribution >= 4 is 11.7 Å². The maximum Gasteiger partial charge on any atom is 0.262 e. The third-order valence-corrected chi connectivity index (χ3v) is 2.54. The zero-order chi connectivity index (χ0) is 13.0. The predicted molar refractivity (Wildman–Crippen MR) is 68.6 cm³/mol. The zero-order valence-corrected chi connectivity index (χ0v) is 9.93. The first kappa shape index (κ1) is 12.0. The highest BCUT2D eigenvalue weighted by Crippen LogP contribution is 2.08. The number of nitrogens with zero attached hydrogens (tertiary/aromatic N) is 1. The van der Waals surface area contributed by atoms with E-state index in [-0.39, 0.29) is 5.56 Å². The standard InChI is InChI=1S/C13H13N3O2/c1-2-9-5-7-14-11(8-9)16-13(18)10-4-3-6-15-12(10)17/h3-8H,2H2,1H3,(H,15,17)(H,14,16,18). The minimum absolute atomic E-state index is 0.0706. The molecule has 0 saturated carbocycles. The van der Waals surface area contributed by atoms with E-state index in [2.05, 4.69) is 15.3 Å². The van der Waals surface area contributed by atoms with Crippen molar-refractivity contribution in [3.8, 4) is 0 Å². The number of aromatic amines is 1. The molecule has 92 valence electrons. The number of aromatic nitrogens is 2. The van der Waals surface area contributed by atoms with Gasteiger partial charge in [-0.2, -0.15) is 0 Å². The predicted octanol–water partition coefficient (Wildman–Crippen LogP) is 1.58. The largest absolute Gasteiger partial charge is 0.328 e. The van der Waals surface area contributed by atoms with Gasteiger partial charge in [0.25, 0.3) is 11.5 Å². The van der Waals surface area contributed by atoms with E-state index < -0.39 is 11.5 Å². The lowest BCUT2D eigenvalue weighted by molar-refractivity contribution is 0.102. The van der Waals surface area contributed by atoms with Crippen LogP contribution in [0, 0.1) is 0 Å². The molecule has 0 atom stereocenters. The van der Waals surface area contributed by atoms with E-state index in [0.717, 1.165) is 12.0 Å². The first-order valence-electron chi connectivity index (χ1n) is 5.64. The Bertz CT molecular complexity index is 619. The molecule has 5 heteroatoms. The first-order valence-corrected chi connectivity index (χ1v) is 5.64. The van der Waals surface area contributed by atoms with E-state index in [4.69, 9.17) is 0 Å². The second kappa shape index (κ2) is 5.27. The minimum Gasteiger partial charge on any atom is -0.328 e. The van der Waals surface area contributed by atoms with Crippen molar-refractivity contribution < 1.29 is 4.79 Å². The van der Waals surface area contributed by atoms with E-state index in [1.165, 1.54) is 12.3 Å². The van der Waals surface area contributed by atoms with Crippen LogP contribution >= 0.6 is 0 Å². The Labute approximate surface area is 104 Å². The molecule has 2 aromatic heterocycles. The van der Waals surface area contributed by atoms with Crippen molar-refractivity contribution in [3.05, 3.63) is 58.1 Å². The number of carbonyl (C=O) groups excluding carboxylic acids is 1. The van der Waals surface area contributed by atoms with Crippen molar-refractivity contribution in [2.45, 2.75) is 13.3 Å². The van der Waals surface area contributed by atoms with Crippen molar-refractivity contribution in [2.75, 3.05) is 5.32 Å².